The van der Waals surface area contributed by atoms with Gasteiger partial charge in [-0.2, -0.15) is 0 Å². The monoisotopic (exact) mass is 597 g/mol. The number of carbonyl (C=O) groups excluding carboxylic acids is 1. The number of halogens is 1. The molecule has 1 fully saturated rings. The van der Waals surface area contributed by atoms with E-state index in [0.717, 1.165) is 26.2 Å². The molecule has 0 bridgehead atoms. The summed E-state index contributed by atoms with van der Waals surface area (Å²) in [6, 6.07) is 15.2. The summed E-state index contributed by atoms with van der Waals surface area (Å²) in [6.07, 6.45) is 3.19. The van der Waals surface area contributed by atoms with Crippen molar-refractivity contribution in [1.29, 1.82) is 0 Å². The first-order valence-electron chi connectivity index (χ1n) is 13.6. The van der Waals surface area contributed by atoms with Crippen LogP contribution in [0, 0.1) is 5.82 Å². The highest BCUT2D eigenvalue weighted by Gasteiger charge is 2.41. The van der Waals surface area contributed by atoms with Crippen LogP contribution in [0.25, 0.3) is 10.9 Å². The largest absolute Gasteiger partial charge is 0.481 e. The van der Waals surface area contributed by atoms with Gasteiger partial charge in [-0.05, 0) is 30.5 Å². The molecule has 0 radical (unpaired) electrons. The molecule has 0 atom stereocenters. The van der Waals surface area contributed by atoms with Gasteiger partial charge in [0, 0.05) is 55.8 Å². The number of benzene rings is 2. The number of fused-ring (bicyclic) bond motifs is 1. The summed E-state index contributed by atoms with van der Waals surface area (Å²) in [5.74, 6) is -5.40. The number of aromatic nitrogens is 1. The van der Waals surface area contributed by atoms with Crippen molar-refractivity contribution in [3.05, 3.63) is 84.3 Å². The summed E-state index contributed by atoms with van der Waals surface area (Å²) in [5, 5.41) is 38.1. The fraction of sp³-hybridized carbons (Fsp3) is 0.355. The number of nitrogens with zero attached hydrogens (tertiary/aromatic N) is 2. The van der Waals surface area contributed by atoms with Gasteiger partial charge < -0.3 is 30.3 Å². The van der Waals surface area contributed by atoms with E-state index in [1.807, 2.05) is 12.1 Å². The zero-order chi connectivity index (χ0) is 31.8. The van der Waals surface area contributed by atoms with E-state index >= 15 is 0 Å². The predicted octanol–water partition coefficient (Wildman–Crippen LogP) is 3.35. The van der Waals surface area contributed by atoms with Crippen molar-refractivity contribution in [2.45, 2.75) is 56.8 Å². The molecule has 4 rings (SSSR count). The molecule has 230 valence electrons. The lowest BCUT2D eigenvalue weighted by Gasteiger charge is -2.42. The number of para-hydroxylation sites is 1. The van der Waals surface area contributed by atoms with Gasteiger partial charge in [0.05, 0.1) is 18.4 Å². The first kappa shape index (κ1) is 33.0. The molecule has 2 heterocycles. The number of hydrogen-bond acceptors (Lipinski definition) is 6. The molecule has 43 heavy (non-hydrogen) atoms. The molecule has 5 N–H and O–H groups in total. The van der Waals surface area contributed by atoms with Crippen molar-refractivity contribution < 1.29 is 44.0 Å². The Morgan fingerprint density at radius 1 is 1.00 bits per heavy atom. The Labute approximate surface area is 247 Å². The Morgan fingerprint density at radius 3 is 2.12 bits per heavy atom. The molecule has 1 aliphatic rings. The number of allylic oxidation sites excluding steroid dienone is 1. The standard InChI is InChI=1S/C25H28FN3O.C6H8O7/c1-3-14-29-18-20(21-8-4-7-11-24(21)29)17-28-15-12-25(13-16-28,27-19(2)30)22-9-5-6-10-23(22)26;7-3(8)1-6(13,5(11)12)2-4(9)10/h3-11,18H,1,12-17H2,2H3,(H,27,30);13H,1-2H2,(H,7,8)(H,9,10)(H,11,12). The number of carbonyl (C=O) groups is 4. The SMILES string of the molecule is C=CCn1cc(CN2CCC(NC(C)=O)(c3ccccc3F)CC2)c2ccccc21.O=C(O)CC(O)(CC(=O)O)C(=O)O. The van der Waals surface area contributed by atoms with Crippen molar-refractivity contribution in [3.63, 3.8) is 0 Å². The minimum absolute atomic E-state index is 0.126. The van der Waals surface area contributed by atoms with E-state index in [1.165, 1.54) is 29.5 Å². The highest BCUT2D eigenvalue weighted by atomic mass is 19.1. The number of hydrogen-bond donors (Lipinski definition) is 5. The maximum Gasteiger partial charge on any atom is 0.336 e. The number of piperidine rings is 1. The second kappa shape index (κ2) is 14.1. The van der Waals surface area contributed by atoms with Crippen LogP contribution >= 0.6 is 0 Å². The first-order valence-corrected chi connectivity index (χ1v) is 13.6. The number of nitrogens with one attached hydrogen (secondary N) is 1. The Hall–Kier alpha value is -4.55. The van der Waals surface area contributed by atoms with Crippen LogP contribution in [0.1, 0.15) is 43.7 Å². The third kappa shape index (κ3) is 8.27. The fourth-order valence-electron chi connectivity index (χ4n) is 5.43. The van der Waals surface area contributed by atoms with Crippen molar-refractivity contribution in [1.82, 2.24) is 14.8 Å². The fourth-order valence-corrected chi connectivity index (χ4v) is 5.43. The molecule has 2 aromatic carbocycles. The Bertz CT molecular complexity index is 1480. The Kier molecular flexibility index (Phi) is 10.8. The van der Waals surface area contributed by atoms with Crippen LogP contribution in [-0.2, 0) is 37.8 Å². The number of likely N-dealkylation sites (tertiary alicyclic amines) is 1. The number of aliphatic hydroxyl groups is 1. The van der Waals surface area contributed by atoms with E-state index in [0.29, 0.717) is 18.4 Å². The molecule has 12 heteroatoms. The molecular weight excluding hydrogens is 561 g/mol. The number of carboxylic acid groups (broad SMARTS) is 3. The maximum atomic E-state index is 14.6. The third-order valence-electron chi connectivity index (χ3n) is 7.39. The molecule has 3 aromatic rings. The van der Waals surface area contributed by atoms with E-state index < -0.39 is 41.9 Å². The normalized spacial score (nSPS) is 14.8. The average Bonchev–Trinajstić information content (AvgIpc) is 3.26. The molecule has 0 saturated carbocycles. The number of rotatable bonds is 11. The molecule has 11 nitrogen and oxygen atoms in total. The second-order valence-corrected chi connectivity index (χ2v) is 10.6. The van der Waals surface area contributed by atoms with Crippen LogP contribution in [0.5, 0.6) is 0 Å². The number of carboxylic acids is 3. The summed E-state index contributed by atoms with van der Waals surface area (Å²) >= 11 is 0. The van der Waals surface area contributed by atoms with Crippen molar-refractivity contribution in [3.8, 4) is 0 Å². The smallest absolute Gasteiger partial charge is 0.336 e. The third-order valence-corrected chi connectivity index (χ3v) is 7.39. The topological polar surface area (TPSA) is 169 Å². The Morgan fingerprint density at radius 2 is 1.58 bits per heavy atom. The van der Waals surface area contributed by atoms with Gasteiger partial charge in [0.2, 0.25) is 5.91 Å². The van der Waals surface area contributed by atoms with E-state index in [2.05, 4.69) is 51.8 Å². The molecule has 0 aliphatic carbocycles. The minimum Gasteiger partial charge on any atom is -0.481 e. The summed E-state index contributed by atoms with van der Waals surface area (Å²) in [7, 11) is 0. The molecule has 1 aliphatic heterocycles. The summed E-state index contributed by atoms with van der Waals surface area (Å²) in [4.78, 5) is 44.8. The van der Waals surface area contributed by atoms with E-state index in [1.54, 1.807) is 12.1 Å². The lowest BCUT2D eigenvalue weighted by Crippen LogP contribution is -2.52. The van der Waals surface area contributed by atoms with E-state index in [-0.39, 0.29) is 11.7 Å². The molecule has 0 unspecified atom stereocenters. The molecule has 1 saturated heterocycles. The number of aliphatic carboxylic acids is 3. The molecule has 1 amide bonds. The van der Waals surface area contributed by atoms with Crippen LogP contribution < -0.4 is 5.32 Å². The maximum absolute atomic E-state index is 14.6. The van der Waals surface area contributed by atoms with Crippen LogP contribution in [0.15, 0.2) is 67.4 Å². The second-order valence-electron chi connectivity index (χ2n) is 10.6. The number of amides is 1. The Balaban J connectivity index is 0.000000331. The van der Waals surface area contributed by atoms with Crippen molar-refractivity contribution >= 4 is 34.7 Å². The summed E-state index contributed by atoms with van der Waals surface area (Å²) in [5.41, 5.74) is -0.307. The lowest BCUT2D eigenvalue weighted by molar-refractivity contribution is -0.170. The van der Waals surface area contributed by atoms with Gasteiger partial charge in [-0.1, -0.05) is 42.5 Å². The van der Waals surface area contributed by atoms with Gasteiger partial charge in [-0.15, -0.1) is 6.58 Å². The predicted molar refractivity (Wildman–Crippen MR) is 156 cm³/mol. The van der Waals surface area contributed by atoms with Crippen LogP contribution in [0.4, 0.5) is 4.39 Å². The summed E-state index contributed by atoms with van der Waals surface area (Å²) in [6.45, 7) is 8.55. The van der Waals surface area contributed by atoms with Crippen LogP contribution in [0.3, 0.4) is 0 Å². The van der Waals surface area contributed by atoms with E-state index in [9.17, 15) is 23.6 Å². The molecule has 0 spiro atoms. The van der Waals surface area contributed by atoms with Crippen molar-refractivity contribution in [2.75, 3.05) is 13.1 Å². The van der Waals surface area contributed by atoms with Gasteiger partial charge in [-0.3, -0.25) is 19.3 Å². The minimum atomic E-state index is -2.74. The van der Waals surface area contributed by atoms with Crippen LogP contribution in [-0.4, -0.2) is 72.4 Å². The average molecular weight is 598 g/mol. The van der Waals surface area contributed by atoms with Gasteiger partial charge in [-0.25, -0.2) is 9.18 Å². The van der Waals surface area contributed by atoms with Gasteiger partial charge in [0.1, 0.15) is 5.82 Å². The quantitative estimate of drug-likeness (QED) is 0.208. The van der Waals surface area contributed by atoms with Gasteiger partial charge in [0.15, 0.2) is 5.60 Å². The van der Waals surface area contributed by atoms with Crippen LogP contribution in [0.2, 0.25) is 0 Å². The summed E-state index contributed by atoms with van der Waals surface area (Å²) < 4.78 is 16.8. The zero-order valence-corrected chi connectivity index (χ0v) is 23.8. The highest BCUT2D eigenvalue weighted by Crippen LogP contribution is 2.35. The molecular formula is C31H36FN3O8. The van der Waals surface area contributed by atoms with Crippen molar-refractivity contribution in [2.24, 2.45) is 0 Å². The first-order chi connectivity index (χ1) is 20.3. The molecule has 1 aromatic heterocycles. The van der Waals surface area contributed by atoms with Gasteiger partial charge >= 0.3 is 17.9 Å². The zero-order valence-electron chi connectivity index (χ0n) is 23.8. The lowest BCUT2D eigenvalue weighted by atomic mass is 9.80. The highest BCUT2D eigenvalue weighted by molar-refractivity contribution is 5.88. The van der Waals surface area contributed by atoms with Gasteiger partial charge in [0.25, 0.3) is 0 Å². The van der Waals surface area contributed by atoms with E-state index in [4.69, 9.17) is 20.4 Å².